The Balaban J connectivity index is 4.53. The number of carboxylic acid groups (broad SMARTS) is 1. The van der Waals surface area contributed by atoms with Crippen LogP contribution in [0.5, 0.6) is 0 Å². The molecule has 0 bridgehead atoms. The van der Waals surface area contributed by atoms with Gasteiger partial charge in [-0.2, -0.15) is 0 Å². The van der Waals surface area contributed by atoms with E-state index in [0.29, 0.717) is 6.54 Å². The van der Waals surface area contributed by atoms with E-state index < -0.39 is 11.4 Å². The number of hydrogen-bond donors (Lipinski definition) is 2. The van der Waals surface area contributed by atoms with E-state index in [0.717, 1.165) is 0 Å². The zero-order chi connectivity index (χ0) is 13.6. The first-order chi connectivity index (χ1) is 7.69. The topological polar surface area (TPSA) is 77.8 Å². The van der Waals surface area contributed by atoms with Crippen molar-refractivity contribution >= 4 is 11.9 Å². The summed E-state index contributed by atoms with van der Waals surface area (Å²) in [6.07, 6.45) is 0.140. The fraction of sp³-hybridized carbons (Fsp3) is 0.833. The highest BCUT2D eigenvalue weighted by atomic mass is 16.4. The Morgan fingerprint density at radius 2 is 1.76 bits per heavy atom. The van der Waals surface area contributed by atoms with E-state index in [2.05, 4.69) is 0 Å². The maximum Gasteiger partial charge on any atom is 0.303 e. The molecule has 17 heavy (non-hydrogen) atoms. The van der Waals surface area contributed by atoms with Crippen LogP contribution in [0.15, 0.2) is 0 Å². The highest BCUT2D eigenvalue weighted by Crippen LogP contribution is 2.26. The van der Waals surface area contributed by atoms with Gasteiger partial charge in [0.1, 0.15) is 0 Å². The Kier molecular flexibility index (Phi) is 6.16. The summed E-state index contributed by atoms with van der Waals surface area (Å²) in [5.41, 5.74) is -0.564. The van der Waals surface area contributed by atoms with Crippen molar-refractivity contribution in [3.63, 3.8) is 0 Å². The number of carboxylic acids is 1. The zero-order valence-electron chi connectivity index (χ0n) is 11.1. The second-order valence-electron chi connectivity index (χ2n) is 5.32. The number of rotatable bonds is 7. The van der Waals surface area contributed by atoms with Crippen LogP contribution in [0, 0.1) is 5.41 Å². The molecule has 0 rings (SSSR count). The quantitative estimate of drug-likeness (QED) is 0.704. The molecule has 0 fully saturated rings. The van der Waals surface area contributed by atoms with Crippen molar-refractivity contribution in [3.8, 4) is 0 Å². The Morgan fingerprint density at radius 3 is 2.12 bits per heavy atom. The van der Waals surface area contributed by atoms with E-state index in [-0.39, 0.29) is 31.4 Å². The van der Waals surface area contributed by atoms with Gasteiger partial charge in [-0.3, -0.25) is 9.59 Å². The zero-order valence-corrected chi connectivity index (χ0v) is 11.1. The summed E-state index contributed by atoms with van der Waals surface area (Å²) in [6, 6.07) is 0.00952. The third kappa shape index (κ3) is 6.26. The Morgan fingerprint density at radius 1 is 1.24 bits per heavy atom. The lowest BCUT2D eigenvalue weighted by atomic mass is 9.85. The van der Waals surface area contributed by atoms with Crippen LogP contribution in [0.3, 0.4) is 0 Å². The predicted octanol–water partition coefficient (Wildman–Crippen LogP) is 1.11. The number of carbonyl (C=O) groups is 2. The van der Waals surface area contributed by atoms with E-state index in [1.807, 2.05) is 13.8 Å². The standard InChI is InChI=1S/C12H23NO4/c1-9(2)13(5-6-14)10(15)7-12(3,4)8-11(16)17/h9,14H,5-8H2,1-4H3,(H,16,17). The second kappa shape index (κ2) is 6.59. The van der Waals surface area contributed by atoms with Crippen LogP contribution in [0.25, 0.3) is 0 Å². The van der Waals surface area contributed by atoms with Crippen LogP contribution in [0.4, 0.5) is 0 Å². The molecule has 0 aliphatic carbocycles. The van der Waals surface area contributed by atoms with Gasteiger partial charge in [-0.05, 0) is 19.3 Å². The molecule has 0 heterocycles. The smallest absolute Gasteiger partial charge is 0.303 e. The lowest BCUT2D eigenvalue weighted by Gasteiger charge is -2.30. The number of aliphatic carboxylic acids is 1. The minimum Gasteiger partial charge on any atom is -0.481 e. The predicted molar refractivity (Wildman–Crippen MR) is 64.6 cm³/mol. The normalized spacial score (nSPS) is 11.6. The average molecular weight is 245 g/mol. The first kappa shape index (κ1) is 15.9. The molecule has 0 aliphatic heterocycles. The molecule has 2 N–H and O–H groups in total. The van der Waals surface area contributed by atoms with E-state index in [1.54, 1.807) is 18.7 Å². The minimum absolute atomic E-state index is 0.00952. The molecule has 5 heteroatoms. The molecule has 0 unspecified atom stereocenters. The fourth-order valence-electron chi connectivity index (χ4n) is 1.76. The number of aliphatic hydroxyl groups is 1. The van der Waals surface area contributed by atoms with Gasteiger partial charge < -0.3 is 15.1 Å². The van der Waals surface area contributed by atoms with Crippen molar-refractivity contribution in [1.29, 1.82) is 0 Å². The molecule has 0 aromatic carbocycles. The monoisotopic (exact) mass is 245 g/mol. The molecule has 0 spiro atoms. The van der Waals surface area contributed by atoms with Crippen molar-refractivity contribution in [2.75, 3.05) is 13.2 Å². The van der Waals surface area contributed by atoms with Gasteiger partial charge in [0.2, 0.25) is 5.91 Å². The van der Waals surface area contributed by atoms with Gasteiger partial charge in [0.05, 0.1) is 13.0 Å². The van der Waals surface area contributed by atoms with Crippen LogP contribution in [0.2, 0.25) is 0 Å². The first-order valence-electron chi connectivity index (χ1n) is 5.82. The Labute approximate surface area is 102 Å². The van der Waals surface area contributed by atoms with Gasteiger partial charge in [-0.15, -0.1) is 0 Å². The van der Waals surface area contributed by atoms with E-state index in [9.17, 15) is 9.59 Å². The van der Waals surface area contributed by atoms with Crippen LogP contribution in [0.1, 0.15) is 40.5 Å². The molecule has 0 aromatic rings. The minimum atomic E-state index is -0.902. The van der Waals surface area contributed by atoms with Crippen molar-refractivity contribution < 1.29 is 19.8 Å². The molecule has 0 radical (unpaired) electrons. The highest BCUT2D eigenvalue weighted by molar-refractivity contribution is 5.78. The van der Waals surface area contributed by atoms with E-state index >= 15 is 0 Å². The molecule has 0 atom stereocenters. The summed E-state index contributed by atoms with van der Waals surface area (Å²) < 4.78 is 0. The number of aliphatic hydroxyl groups excluding tert-OH is 1. The molecule has 0 saturated carbocycles. The summed E-state index contributed by atoms with van der Waals surface area (Å²) in [5.74, 6) is -1.01. The highest BCUT2D eigenvalue weighted by Gasteiger charge is 2.28. The first-order valence-corrected chi connectivity index (χ1v) is 5.82. The van der Waals surface area contributed by atoms with Crippen LogP contribution in [-0.4, -0.2) is 46.2 Å². The molecule has 5 nitrogen and oxygen atoms in total. The lowest BCUT2D eigenvalue weighted by molar-refractivity contribution is -0.141. The van der Waals surface area contributed by atoms with Crippen molar-refractivity contribution in [2.24, 2.45) is 5.41 Å². The second-order valence-corrected chi connectivity index (χ2v) is 5.32. The van der Waals surface area contributed by atoms with Gasteiger partial charge in [0, 0.05) is 19.0 Å². The van der Waals surface area contributed by atoms with Gasteiger partial charge in [-0.25, -0.2) is 0 Å². The summed E-state index contributed by atoms with van der Waals surface area (Å²) >= 11 is 0. The van der Waals surface area contributed by atoms with Crippen molar-refractivity contribution in [3.05, 3.63) is 0 Å². The summed E-state index contributed by atoms with van der Waals surface area (Å²) in [7, 11) is 0. The number of amides is 1. The maximum absolute atomic E-state index is 12.0. The Hall–Kier alpha value is -1.10. The van der Waals surface area contributed by atoms with E-state index in [4.69, 9.17) is 10.2 Å². The van der Waals surface area contributed by atoms with Crippen molar-refractivity contribution in [1.82, 2.24) is 4.90 Å². The largest absolute Gasteiger partial charge is 0.481 e. The van der Waals surface area contributed by atoms with Crippen molar-refractivity contribution in [2.45, 2.75) is 46.6 Å². The average Bonchev–Trinajstić information content (AvgIpc) is 2.09. The van der Waals surface area contributed by atoms with E-state index in [1.165, 1.54) is 0 Å². The molecule has 0 aromatic heterocycles. The molecule has 0 saturated heterocycles. The maximum atomic E-state index is 12.0. The molecule has 1 amide bonds. The SMILES string of the molecule is CC(C)N(CCO)C(=O)CC(C)(C)CC(=O)O. The number of hydrogen-bond acceptors (Lipinski definition) is 3. The van der Waals surface area contributed by atoms with Gasteiger partial charge in [0.15, 0.2) is 0 Å². The van der Waals surface area contributed by atoms with Gasteiger partial charge in [0.25, 0.3) is 0 Å². The van der Waals surface area contributed by atoms with Crippen LogP contribution < -0.4 is 0 Å². The number of carbonyl (C=O) groups excluding carboxylic acids is 1. The summed E-state index contributed by atoms with van der Waals surface area (Å²) in [4.78, 5) is 24.2. The fourth-order valence-corrected chi connectivity index (χ4v) is 1.76. The molecule has 100 valence electrons. The van der Waals surface area contributed by atoms with Gasteiger partial charge >= 0.3 is 5.97 Å². The van der Waals surface area contributed by atoms with Crippen LogP contribution in [-0.2, 0) is 9.59 Å². The Bertz CT molecular complexity index is 274. The van der Waals surface area contributed by atoms with Crippen LogP contribution >= 0.6 is 0 Å². The third-order valence-electron chi connectivity index (χ3n) is 2.54. The molecular formula is C12H23NO4. The molecule has 0 aliphatic rings. The number of nitrogens with zero attached hydrogens (tertiary/aromatic N) is 1. The summed E-state index contributed by atoms with van der Waals surface area (Å²) in [6.45, 7) is 7.48. The lowest BCUT2D eigenvalue weighted by Crippen LogP contribution is -2.41. The third-order valence-corrected chi connectivity index (χ3v) is 2.54. The van der Waals surface area contributed by atoms with Gasteiger partial charge in [-0.1, -0.05) is 13.8 Å². The summed E-state index contributed by atoms with van der Waals surface area (Å²) in [5, 5.41) is 17.6. The molecular weight excluding hydrogens is 222 g/mol.